The second-order valence-electron chi connectivity index (χ2n) is 5.82. The first-order valence-corrected chi connectivity index (χ1v) is 8.51. The van der Waals surface area contributed by atoms with E-state index in [2.05, 4.69) is 10.6 Å². The molecule has 2 aromatic rings. The van der Waals surface area contributed by atoms with Crippen molar-refractivity contribution < 1.29 is 23.5 Å². The minimum Gasteiger partial charge on any atom is -0.451 e. The minimum atomic E-state index is -1.00. The Bertz CT molecular complexity index is 796. The average Bonchev–Trinajstić information content (AvgIpc) is 2.67. The van der Waals surface area contributed by atoms with E-state index < -0.39 is 36.2 Å². The fraction of sp³-hybridized carbons (Fsp3) is 0.250. The lowest BCUT2D eigenvalue weighted by Crippen LogP contribution is -2.39. The van der Waals surface area contributed by atoms with Gasteiger partial charge in [0, 0.05) is 6.54 Å². The largest absolute Gasteiger partial charge is 0.451 e. The van der Waals surface area contributed by atoms with Crippen LogP contribution in [0.1, 0.15) is 22.8 Å². The SMILES string of the molecule is CC(OC(=O)CNC(=O)c1ccccc1F)C(=O)NCCc1ccccc1. The van der Waals surface area contributed by atoms with Crippen LogP contribution >= 0.6 is 0 Å². The Hall–Kier alpha value is -3.22. The standard InChI is InChI=1S/C20H21FN2O4/c1-14(19(25)22-12-11-15-7-3-2-4-8-15)27-18(24)13-23-20(26)16-9-5-6-10-17(16)21/h2-10,14H,11-13H2,1H3,(H,22,25)(H,23,26). The predicted molar refractivity (Wildman–Crippen MR) is 97.4 cm³/mol. The highest BCUT2D eigenvalue weighted by atomic mass is 19.1. The zero-order valence-electron chi connectivity index (χ0n) is 14.9. The molecule has 0 aliphatic carbocycles. The number of esters is 1. The molecule has 1 atom stereocenters. The van der Waals surface area contributed by atoms with Crippen LogP contribution < -0.4 is 10.6 Å². The Kier molecular flexibility index (Phi) is 7.49. The Morgan fingerprint density at radius 2 is 1.67 bits per heavy atom. The van der Waals surface area contributed by atoms with Crippen LogP contribution in [0.15, 0.2) is 54.6 Å². The van der Waals surface area contributed by atoms with Crippen molar-refractivity contribution in [1.29, 1.82) is 0 Å². The lowest BCUT2D eigenvalue weighted by Gasteiger charge is -2.14. The van der Waals surface area contributed by atoms with Gasteiger partial charge in [-0.1, -0.05) is 42.5 Å². The molecular weight excluding hydrogens is 351 g/mol. The molecule has 0 heterocycles. The monoisotopic (exact) mass is 372 g/mol. The van der Waals surface area contributed by atoms with E-state index in [1.54, 1.807) is 0 Å². The van der Waals surface area contributed by atoms with Crippen LogP contribution in [0.2, 0.25) is 0 Å². The average molecular weight is 372 g/mol. The van der Waals surface area contributed by atoms with Crippen LogP contribution in [-0.4, -0.2) is 37.0 Å². The number of ether oxygens (including phenoxy) is 1. The molecule has 6 nitrogen and oxygen atoms in total. The van der Waals surface area contributed by atoms with Gasteiger partial charge >= 0.3 is 5.97 Å². The first-order valence-electron chi connectivity index (χ1n) is 8.51. The molecule has 0 spiro atoms. The summed E-state index contributed by atoms with van der Waals surface area (Å²) in [4.78, 5) is 35.5. The van der Waals surface area contributed by atoms with Crippen molar-refractivity contribution in [1.82, 2.24) is 10.6 Å². The van der Waals surface area contributed by atoms with E-state index in [-0.39, 0.29) is 5.56 Å². The van der Waals surface area contributed by atoms with Gasteiger partial charge in [0.25, 0.3) is 11.8 Å². The Morgan fingerprint density at radius 1 is 1.00 bits per heavy atom. The first-order chi connectivity index (χ1) is 13.0. The summed E-state index contributed by atoms with van der Waals surface area (Å²) in [7, 11) is 0. The maximum absolute atomic E-state index is 13.5. The van der Waals surface area contributed by atoms with Crippen molar-refractivity contribution in [2.75, 3.05) is 13.1 Å². The van der Waals surface area contributed by atoms with Crippen molar-refractivity contribution in [2.45, 2.75) is 19.4 Å². The van der Waals surface area contributed by atoms with Gasteiger partial charge in [0.1, 0.15) is 12.4 Å². The fourth-order valence-corrected chi connectivity index (χ4v) is 2.30. The van der Waals surface area contributed by atoms with Crippen LogP contribution in [0.25, 0.3) is 0 Å². The normalized spacial score (nSPS) is 11.3. The lowest BCUT2D eigenvalue weighted by atomic mass is 10.1. The zero-order valence-corrected chi connectivity index (χ0v) is 14.9. The molecule has 2 rings (SSSR count). The number of rotatable bonds is 8. The van der Waals surface area contributed by atoms with Crippen LogP contribution in [-0.2, 0) is 20.7 Å². The highest BCUT2D eigenvalue weighted by Crippen LogP contribution is 2.05. The molecule has 0 saturated heterocycles. The van der Waals surface area contributed by atoms with Gasteiger partial charge in [-0.05, 0) is 31.0 Å². The van der Waals surface area contributed by atoms with Crippen LogP contribution in [0.5, 0.6) is 0 Å². The van der Waals surface area contributed by atoms with Crippen molar-refractivity contribution in [2.24, 2.45) is 0 Å². The molecule has 2 aromatic carbocycles. The van der Waals surface area contributed by atoms with Gasteiger partial charge < -0.3 is 15.4 Å². The smallest absolute Gasteiger partial charge is 0.326 e. The quantitative estimate of drug-likeness (QED) is 0.693. The Morgan fingerprint density at radius 3 is 2.37 bits per heavy atom. The molecule has 0 radical (unpaired) electrons. The number of halogens is 1. The summed E-state index contributed by atoms with van der Waals surface area (Å²) in [6, 6.07) is 15.1. The van der Waals surface area contributed by atoms with Gasteiger partial charge in [-0.2, -0.15) is 0 Å². The van der Waals surface area contributed by atoms with E-state index in [0.717, 1.165) is 11.6 Å². The number of carbonyl (C=O) groups is 3. The van der Waals surface area contributed by atoms with E-state index in [1.165, 1.54) is 25.1 Å². The molecular formula is C20H21FN2O4. The summed E-state index contributed by atoms with van der Waals surface area (Å²) in [5.41, 5.74) is 0.912. The summed E-state index contributed by atoms with van der Waals surface area (Å²) >= 11 is 0. The molecule has 0 aromatic heterocycles. The Balaban J connectivity index is 1.70. The summed E-state index contributed by atoms with van der Waals surface area (Å²) in [6.07, 6.45) is -0.343. The van der Waals surface area contributed by atoms with Crippen molar-refractivity contribution in [3.8, 4) is 0 Å². The predicted octanol–water partition coefficient (Wildman–Crippen LogP) is 1.85. The third kappa shape index (κ3) is 6.54. The Labute approximate surface area is 156 Å². The molecule has 0 fully saturated rings. The molecule has 0 bridgehead atoms. The van der Waals surface area contributed by atoms with E-state index >= 15 is 0 Å². The van der Waals surface area contributed by atoms with Gasteiger partial charge in [-0.15, -0.1) is 0 Å². The van der Waals surface area contributed by atoms with Gasteiger partial charge in [0.2, 0.25) is 0 Å². The molecule has 2 N–H and O–H groups in total. The number of benzene rings is 2. The van der Waals surface area contributed by atoms with Gasteiger partial charge in [0.05, 0.1) is 5.56 Å². The lowest BCUT2D eigenvalue weighted by molar-refractivity contribution is -0.153. The van der Waals surface area contributed by atoms with E-state index in [0.29, 0.717) is 13.0 Å². The zero-order chi connectivity index (χ0) is 19.6. The van der Waals surface area contributed by atoms with E-state index in [1.807, 2.05) is 30.3 Å². The highest BCUT2D eigenvalue weighted by molar-refractivity contribution is 5.96. The van der Waals surface area contributed by atoms with Gasteiger partial charge in [-0.3, -0.25) is 14.4 Å². The van der Waals surface area contributed by atoms with Gasteiger partial charge in [0.15, 0.2) is 6.10 Å². The number of hydrogen-bond acceptors (Lipinski definition) is 4. The second kappa shape index (κ2) is 10.1. The maximum atomic E-state index is 13.5. The van der Waals surface area contributed by atoms with Crippen molar-refractivity contribution >= 4 is 17.8 Å². The molecule has 1 unspecified atom stereocenters. The third-order valence-electron chi connectivity index (χ3n) is 3.74. The second-order valence-corrected chi connectivity index (χ2v) is 5.82. The fourth-order valence-electron chi connectivity index (χ4n) is 2.30. The molecule has 142 valence electrons. The molecule has 27 heavy (non-hydrogen) atoms. The minimum absolute atomic E-state index is 0.169. The van der Waals surface area contributed by atoms with Crippen LogP contribution in [0, 0.1) is 5.82 Å². The molecule has 7 heteroatoms. The van der Waals surface area contributed by atoms with Gasteiger partial charge in [-0.25, -0.2) is 4.39 Å². The molecule has 0 aliphatic heterocycles. The van der Waals surface area contributed by atoms with E-state index in [9.17, 15) is 18.8 Å². The summed E-state index contributed by atoms with van der Waals surface area (Å²) in [6.45, 7) is 1.39. The molecule has 0 aliphatic rings. The summed E-state index contributed by atoms with van der Waals surface area (Å²) in [5.74, 6) is -2.63. The number of nitrogens with one attached hydrogen (secondary N) is 2. The van der Waals surface area contributed by atoms with Crippen molar-refractivity contribution in [3.63, 3.8) is 0 Å². The number of carbonyl (C=O) groups excluding carboxylic acids is 3. The summed E-state index contributed by atoms with van der Waals surface area (Å²) < 4.78 is 18.5. The van der Waals surface area contributed by atoms with Crippen LogP contribution in [0.4, 0.5) is 4.39 Å². The maximum Gasteiger partial charge on any atom is 0.326 e. The van der Waals surface area contributed by atoms with E-state index in [4.69, 9.17) is 4.74 Å². The number of amides is 2. The topological polar surface area (TPSA) is 84.5 Å². The molecule has 0 saturated carbocycles. The highest BCUT2D eigenvalue weighted by Gasteiger charge is 2.18. The third-order valence-corrected chi connectivity index (χ3v) is 3.74. The van der Waals surface area contributed by atoms with Crippen molar-refractivity contribution in [3.05, 3.63) is 71.5 Å². The first kappa shape index (κ1) is 20.1. The number of hydrogen-bond donors (Lipinski definition) is 2. The summed E-state index contributed by atoms with van der Waals surface area (Å²) in [5, 5.41) is 4.94. The van der Waals surface area contributed by atoms with Crippen LogP contribution in [0.3, 0.4) is 0 Å². The molecule has 2 amide bonds.